The number of hydrogen-bond donors (Lipinski definition) is 1. The molecule has 2 rings (SSSR count). The highest BCUT2D eigenvalue weighted by Gasteiger charge is 2.20. The van der Waals surface area contributed by atoms with Crippen molar-refractivity contribution >= 4 is 17.5 Å². The second-order valence-corrected chi connectivity index (χ2v) is 5.02. The van der Waals surface area contributed by atoms with Crippen LogP contribution in [0.3, 0.4) is 0 Å². The predicted octanol–water partition coefficient (Wildman–Crippen LogP) is 1.44. The summed E-state index contributed by atoms with van der Waals surface area (Å²) in [5.74, 6) is -1.81. The van der Waals surface area contributed by atoms with E-state index >= 15 is 0 Å². The average Bonchev–Trinajstić information content (AvgIpc) is 2.80. The van der Waals surface area contributed by atoms with Crippen LogP contribution in [-0.4, -0.2) is 44.9 Å². The van der Waals surface area contributed by atoms with Gasteiger partial charge in [0.15, 0.2) is 0 Å². The molecule has 1 unspecified atom stereocenters. The maximum Gasteiger partial charge on any atom is 0.308 e. The lowest BCUT2D eigenvalue weighted by molar-refractivity contribution is -0.141. The average molecular weight is 275 g/mol. The monoisotopic (exact) mass is 275 g/mol. The third kappa shape index (κ3) is 2.79. The molecule has 0 saturated heterocycles. The van der Waals surface area contributed by atoms with Gasteiger partial charge in [0.25, 0.3) is 5.91 Å². The number of rotatable bonds is 4. The van der Waals surface area contributed by atoms with Crippen LogP contribution in [0.1, 0.15) is 23.0 Å². The zero-order valence-corrected chi connectivity index (χ0v) is 11.7. The Morgan fingerprint density at radius 2 is 2.20 bits per heavy atom. The lowest BCUT2D eigenvalue weighted by atomic mass is 10.2. The normalized spacial score (nSPS) is 12.3. The summed E-state index contributed by atoms with van der Waals surface area (Å²) in [5.41, 5.74) is 2.08. The maximum absolute atomic E-state index is 12.2. The van der Waals surface area contributed by atoms with E-state index in [1.807, 2.05) is 25.3 Å². The Labute approximate surface area is 116 Å². The summed E-state index contributed by atoms with van der Waals surface area (Å²) < 4.78 is 1.77. The minimum Gasteiger partial charge on any atom is -0.481 e. The van der Waals surface area contributed by atoms with Gasteiger partial charge in [-0.25, -0.2) is 4.98 Å². The summed E-state index contributed by atoms with van der Waals surface area (Å²) in [4.78, 5) is 28.7. The summed E-state index contributed by atoms with van der Waals surface area (Å²) in [7, 11) is 1.58. The Hall–Kier alpha value is -2.37. The van der Waals surface area contributed by atoms with Crippen molar-refractivity contribution in [3.05, 3.63) is 35.8 Å². The fourth-order valence-electron chi connectivity index (χ4n) is 1.95. The van der Waals surface area contributed by atoms with Gasteiger partial charge in [0.05, 0.1) is 5.92 Å². The van der Waals surface area contributed by atoms with Crippen LogP contribution in [0.2, 0.25) is 0 Å². The summed E-state index contributed by atoms with van der Waals surface area (Å²) >= 11 is 0. The lowest BCUT2D eigenvalue weighted by Gasteiger charge is -2.18. The second-order valence-electron chi connectivity index (χ2n) is 5.02. The molecular formula is C14H17N3O3. The zero-order chi connectivity index (χ0) is 14.9. The van der Waals surface area contributed by atoms with Crippen molar-refractivity contribution in [1.82, 2.24) is 14.3 Å². The molecule has 2 aromatic rings. The number of fused-ring (bicyclic) bond motifs is 1. The van der Waals surface area contributed by atoms with Gasteiger partial charge in [-0.3, -0.25) is 9.59 Å². The summed E-state index contributed by atoms with van der Waals surface area (Å²) in [6.07, 6.45) is 3.49. The number of aryl methyl sites for hydroxylation is 1. The van der Waals surface area contributed by atoms with Gasteiger partial charge in [0, 0.05) is 26.0 Å². The minimum absolute atomic E-state index is 0.154. The van der Waals surface area contributed by atoms with Crippen molar-refractivity contribution in [3.8, 4) is 0 Å². The Balaban J connectivity index is 2.20. The molecule has 1 N–H and O–H groups in total. The van der Waals surface area contributed by atoms with Crippen molar-refractivity contribution in [2.24, 2.45) is 5.92 Å². The van der Waals surface area contributed by atoms with Crippen molar-refractivity contribution in [2.75, 3.05) is 13.6 Å². The third-order valence-electron chi connectivity index (χ3n) is 3.15. The number of pyridine rings is 1. The molecule has 6 heteroatoms. The fraction of sp³-hybridized carbons (Fsp3) is 0.357. The van der Waals surface area contributed by atoms with E-state index in [4.69, 9.17) is 5.11 Å². The van der Waals surface area contributed by atoms with E-state index < -0.39 is 11.9 Å². The van der Waals surface area contributed by atoms with E-state index in [9.17, 15) is 9.59 Å². The highest BCUT2D eigenvalue weighted by molar-refractivity contribution is 5.93. The van der Waals surface area contributed by atoms with E-state index in [2.05, 4.69) is 4.98 Å². The second kappa shape index (κ2) is 5.32. The van der Waals surface area contributed by atoms with E-state index in [1.54, 1.807) is 24.6 Å². The van der Waals surface area contributed by atoms with Gasteiger partial charge in [-0.1, -0.05) is 6.92 Å². The first-order chi connectivity index (χ1) is 9.38. The molecule has 106 valence electrons. The summed E-state index contributed by atoms with van der Waals surface area (Å²) in [6.45, 7) is 3.68. The van der Waals surface area contributed by atoms with Crippen LogP contribution in [0.5, 0.6) is 0 Å². The predicted molar refractivity (Wildman–Crippen MR) is 73.7 cm³/mol. The van der Waals surface area contributed by atoms with Gasteiger partial charge in [-0.2, -0.15) is 0 Å². The van der Waals surface area contributed by atoms with Crippen LogP contribution in [0.15, 0.2) is 24.5 Å². The van der Waals surface area contributed by atoms with Crippen LogP contribution in [0.25, 0.3) is 5.65 Å². The van der Waals surface area contributed by atoms with Gasteiger partial charge < -0.3 is 14.4 Å². The number of hydrogen-bond acceptors (Lipinski definition) is 3. The molecule has 0 saturated carbocycles. The molecule has 0 fully saturated rings. The van der Waals surface area contributed by atoms with Crippen LogP contribution in [-0.2, 0) is 4.79 Å². The molecule has 0 radical (unpaired) electrons. The number of carbonyl (C=O) groups excluding carboxylic acids is 1. The molecule has 0 bridgehead atoms. The quantitative estimate of drug-likeness (QED) is 0.916. The molecular weight excluding hydrogens is 258 g/mol. The first-order valence-electron chi connectivity index (χ1n) is 6.32. The highest BCUT2D eigenvalue weighted by atomic mass is 16.4. The molecule has 0 aliphatic carbocycles. The topological polar surface area (TPSA) is 74.9 Å². The standard InChI is InChI=1S/C14H17N3O3/c1-9-4-5-17-8-11(15-12(17)6-9)13(18)16(3)7-10(2)14(19)20/h4-6,8,10H,7H2,1-3H3,(H,19,20). The Kier molecular flexibility index (Phi) is 3.74. The minimum atomic E-state index is -0.921. The Morgan fingerprint density at radius 3 is 2.85 bits per heavy atom. The number of amides is 1. The number of carbonyl (C=O) groups is 2. The zero-order valence-electron chi connectivity index (χ0n) is 11.7. The van der Waals surface area contributed by atoms with Crippen molar-refractivity contribution in [2.45, 2.75) is 13.8 Å². The van der Waals surface area contributed by atoms with Crippen LogP contribution >= 0.6 is 0 Å². The maximum atomic E-state index is 12.2. The molecule has 2 aromatic heterocycles. The number of aliphatic carboxylic acids is 1. The van der Waals surface area contributed by atoms with E-state index in [0.29, 0.717) is 11.3 Å². The first-order valence-corrected chi connectivity index (χ1v) is 6.32. The van der Waals surface area contributed by atoms with Crippen LogP contribution in [0.4, 0.5) is 0 Å². The molecule has 0 aliphatic heterocycles. The number of carboxylic acid groups (broad SMARTS) is 1. The molecule has 1 atom stereocenters. The van der Waals surface area contributed by atoms with Crippen LogP contribution in [0, 0.1) is 12.8 Å². The summed E-state index contributed by atoms with van der Waals surface area (Å²) in [6, 6.07) is 3.82. The SMILES string of the molecule is Cc1ccn2cc(C(=O)N(C)CC(C)C(=O)O)nc2c1. The Morgan fingerprint density at radius 1 is 1.50 bits per heavy atom. The van der Waals surface area contributed by atoms with Gasteiger partial charge in [0.1, 0.15) is 11.3 Å². The van der Waals surface area contributed by atoms with Crippen molar-refractivity contribution < 1.29 is 14.7 Å². The highest BCUT2D eigenvalue weighted by Crippen LogP contribution is 2.10. The Bertz CT molecular complexity index is 663. The van der Waals surface area contributed by atoms with E-state index in [-0.39, 0.29) is 12.5 Å². The molecule has 0 aliphatic rings. The van der Waals surface area contributed by atoms with Gasteiger partial charge in [0.2, 0.25) is 0 Å². The molecule has 2 heterocycles. The molecule has 1 amide bonds. The third-order valence-corrected chi connectivity index (χ3v) is 3.15. The molecule has 6 nitrogen and oxygen atoms in total. The largest absolute Gasteiger partial charge is 0.481 e. The van der Waals surface area contributed by atoms with E-state index in [1.165, 1.54) is 4.90 Å². The lowest BCUT2D eigenvalue weighted by Crippen LogP contribution is -2.33. The number of carboxylic acids is 1. The fourth-order valence-corrected chi connectivity index (χ4v) is 1.95. The smallest absolute Gasteiger partial charge is 0.308 e. The van der Waals surface area contributed by atoms with Crippen LogP contribution < -0.4 is 0 Å². The van der Waals surface area contributed by atoms with Gasteiger partial charge >= 0.3 is 5.97 Å². The molecule has 0 spiro atoms. The number of nitrogens with zero attached hydrogens (tertiary/aromatic N) is 3. The number of aromatic nitrogens is 2. The first kappa shape index (κ1) is 14.0. The van der Waals surface area contributed by atoms with E-state index in [0.717, 1.165) is 5.56 Å². The van der Waals surface area contributed by atoms with Crippen molar-refractivity contribution in [1.29, 1.82) is 0 Å². The van der Waals surface area contributed by atoms with Crippen molar-refractivity contribution in [3.63, 3.8) is 0 Å². The summed E-state index contributed by atoms with van der Waals surface area (Å²) in [5, 5.41) is 8.87. The molecule has 20 heavy (non-hydrogen) atoms. The number of imidazole rings is 1. The molecule has 0 aromatic carbocycles. The van der Waals surface area contributed by atoms with Gasteiger partial charge in [-0.15, -0.1) is 0 Å². The van der Waals surface area contributed by atoms with Gasteiger partial charge in [-0.05, 0) is 24.6 Å².